The molecule has 0 bridgehead atoms. The second kappa shape index (κ2) is 8.33. The lowest BCUT2D eigenvalue weighted by Gasteiger charge is -2.13. The lowest BCUT2D eigenvalue weighted by molar-refractivity contribution is -0.139. The summed E-state index contributed by atoms with van der Waals surface area (Å²) in [4.78, 5) is 23.8. The van der Waals surface area contributed by atoms with Crippen molar-refractivity contribution >= 4 is 50.9 Å². The maximum absolute atomic E-state index is 11.8. The maximum Gasteiger partial charge on any atom is 0.408 e. The molecule has 1 unspecified atom stereocenters. The number of aliphatic carboxylic acids is 1. The van der Waals surface area contributed by atoms with Crippen LogP contribution in [0, 0.1) is 0 Å². The molecule has 0 fully saturated rings. The Morgan fingerprint density at radius 1 is 1.35 bits per heavy atom. The quantitative estimate of drug-likeness (QED) is 0.741. The zero-order chi connectivity index (χ0) is 16.8. The number of thiophene rings is 1. The van der Waals surface area contributed by atoms with Gasteiger partial charge in [0.15, 0.2) is 0 Å². The second-order valence-electron chi connectivity index (χ2n) is 4.64. The van der Waals surface area contributed by atoms with Crippen LogP contribution in [-0.2, 0) is 22.6 Å². The highest BCUT2D eigenvalue weighted by atomic mass is 79.9. The van der Waals surface area contributed by atoms with E-state index in [1.54, 1.807) is 6.07 Å². The lowest BCUT2D eigenvalue weighted by atomic mass is 10.2. The summed E-state index contributed by atoms with van der Waals surface area (Å²) in [6, 6.07) is 9.79. The minimum absolute atomic E-state index is 0.0788. The molecular formula is C15H13BrClNO4S. The Bertz CT molecular complexity index is 673. The van der Waals surface area contributed by atoms with Gasteiger partial charge in [0.2, 0.25) is 0 Å². The maximum atomic E-state index is 11.8. The number of halogens is 2. The minimum Gasteiger partial charge on any atom is -0.480 e. The number of rotatable bonds is 6. The molecule has 8 heteroatoms. The Hall–Kier alpha value is -1.57. The third-order valence-electron chi connectivity index (χ3n) is 2.90. The van der Waals surface area contributed by atoms with Crippen molar-refractivity contribution in [3.63, 3.8) is 0 Å². The number of benzene rings is 1. The Kier molecular flexibility index (Phi) is 6.44. The van der Waals surface area contributed by atoms with Gasteiger partial charge in [-0.1, -0.05) is 41.9 Å². The van der Waals surface area contributed by atoms with Crippen molar-refractivity contribution in [3.05, 3.63) is 55.6 Å². The van der Waals surface area contributed by atoms with Crippen LogP contribution in [0.5, 0.6) is 0 Å². The van der Waals surface area contributed by atoms with E-state index in [9.17, 15) is 14.7 Å². The molecule has 1 aromatic heterocycles. The van der Waals surface area contributed by atoms with Crippen molar-refractivity contribution in [3.8, 4) is 0 Å². The Balaban J connectivity index is 1.91. The molecule has 2 rings (SSSR count). The van der Waals surface area contributed by atoms with Crippen LogP contribution < -0.4 is 5.32 Å². The number of nitrogens with one attached hydrogen (secondary N) is 1. The average Bonchev–Trinajstić information content (AvgIpc) is 2.83. The van der Waals surface area contributed by atoms with E-state index in [0.717, 1.165) is 10.4 Å². The number of carboxylic acid groups (broad SMARTS) is 1. The number of carbonyl (C=O) groups excluding carboxylic acids is 1. The molecule has 0 saturated heterocycles. The van der Waals surface area contributed by atoms with Gasteiger partial charge in [-0.25, -0.2) is 9.59 Å². The summed E-state index contributed by atoms with van der Waals surface area (Å²) in [7, 11) is 0. The monoisotopic (exact) mass is 417 g/mol. The molecule has 0 aliphatic rings. The molecule has 0 radical (unpaired) electrons. The van der Waals surface area contributed by atoms with Gasteiger partial charge in [-0.15, -0.1) is 11.3 Å². The van der Waals surface area contributed by atoms with Crippen LogP contribution in [-0.4, -0.2) is 23.2 Å². The van der Waals surface area contributed by atoms with E-state index in [2.05, 4.69) is 21.2 Å². The van der Waals surface area contributed by atoms with Gasteiger partial charge in [0, 0.05) is 15.8 Å². The van der Waals surface area contributed by atoms with Crippen LogP contribution in [0.15, 0.2) is 40.9 Å². The summed E-state index contributed by atoms with van der Waals surface area (Å²) in [5, 5.41) is 11.6. The van der Waals surface area contributed by atoms with E-state index >= 15 is 0 Å². The van der Waals surface area contributed by atoms with Gasteiger partial charge in [-0.3, -0.25) is 0 Å². The standard InChI is InChI=1S/C15H13BrClNO4S/c16-11-6-10(23-13(11)17)7-12(14(19)20)18-15(21)22-8-9-4-2-1-3-5-9/h1-6,12H,7-8H2,(H,18,21)(H,19,20). The summed E-state index contributed by atoms with van der Waals surface area (Å²) in [5.74, 6) is -1.14. The first-order chi connectivity index (χ1) is 11.0. The number of carboxylic acids is 1. The van der Waals surface area contributed by atoms with Gasteiger partial charge >= 0.3 is 12.1 Å². The van der Waals surface area contributed by atoms with Crippen LogP contribution >= 0.6 is 38.9 Å². The molecule has 122 valence electrons. The van der Waals surface area contributed by atoms with Crippen LogP contribution in [0.1, 0.15) is 10.4 Å². The summed E-state index contributed by atoms with van der Waals surface area (Å²) in [6.07, 6.45) is -0.644. The normalized spacial score (nSPS) is 11.7. The third-order valence-corrected chi connectivity index (χ3v) is 5.40. The molecule has 1 amide bonds. The Morgan fingerprint density at radius 3 is 2.61 bits per heavy atom. The fourth-order valence-corrected chi connectivity index (χ4v) is 3.64. The van der Waals surface area contributed by atoms with Gasteiger partial charge in [0.1, 0.15) is 17.0 Å². The van der Waals surface area contributed by atoms with Gasteiger partial charge in [0.25, 0.3) is 0 Å². The van der Waals surface area contributed by atoms with E-state index in [1.165, 1.54) is 11.3 Å². The smallest absolute Gasteiger partial charge is 0.408 e. The molecule has 1 aromatic carbocycles. The number of hydrogen-bond donors (Lipinski definition) is 2. The first-order valence-electron chi connectivity index (χ1n) is 6.59. The van der Waals surface area contributed by atoms with Gasteiger partial charge in [0.05, 0.1) is 0 Å². The second-order valence-corrected chi connectivity index (χ2v) is 7.23. The van der Waals surface area contributed by atoms with E-state index in [1.807, 2.05) is 30.3 Å². The lowest BCUT2D eigenvalue weighted by Crippen LogP contribution is -2.42. The molecule has 0 aliphatic carbocycles. The van der Waals surface area contributed by atoms with E-state index in [4.69, 9.17) is 16.3 Å². The summed E-state index contributed by atoms with van der Waals surface area (Å²) in [5.41, 5.74) is 0.823. The first-order valence-corrected chi connectivity index (χ1v) is 8.58. The molecule has 2 aromatic rings. The van der Waals surface area contributed by atoms with Crippen LogP contribution in [0.2, 0.25) is 4.34 Å². The van der Waals surface area contributed by atoms with Crippen LogP contribution in [0.3, 0.4) is 0 Å². The van der Waals surface area contributed by atoms with E-state index < -0.39 is 18.1 Å². The van der Waals surface area contributed by atoms with Gasteiger partial charge in [-0.05, 0) is 27.6 Å². The SMILES string of the molecule is O=C(NC(Cc1cc(Br)c(Cl)s1)C(=O)O)OCc1ccccc1. The Morgan fingerprint density at radius 2 is 2.04 bits per heavy atom. The largest absolute Gasteiger partial charge is 0.480 e. The number of amides is 1. The van der Waals surface area contributed by atoms with Crippen molar-refractivity contribution in [1.29, 1.82) is 0 Å². The van der Waals surface area contributed by atoms with E-state index in [-0.39, 0.29) is 13.0 Å². The highest BCUT2D eigenvalue weighted by molar-refractivity contribution is 9.10. The molecule has 23 heavy (non-hydrogen) atoms. The highest BCUT2D eigenvalue weighted by Gasteiger charge is 2.22. The zero-order valence-electron chi connectivity index (χ0n) is 11.8. The molecule has 2 N–H and O–H groups in total. The number of ether oxygens (including phenoxy) is 1. The van der Waals surface area contributed by atoms with E-state index in [0.29, 0.717) is 8.81 Å². The molecule has 1 atom stereocenters. The van der Waals surface area contributed by atoms with Crippen molar-refractivity contribution < 1.29 is 19.4 Å². The predicted octanol–water partition coefficient (Wildman–Crippen LogP) is 4.09. The van der Waals surface area contributed by atoms with Crippen LogP contribution in [0.25, 0.3) is 0 Å². The fourth-order valence-electron chi connectivity index (χ4n) is 1.80. The molecule has 0 aliphatic heterocycles. The molecule has 5 nitrogen and oxygen atoms in total. The highest BCUT2D eigenvalue weighted by Crippen LogP contribution is 2.32. The first kappa shape index (κ1) is 17.8. The predicted molar refractivity (Wildman–Crippen MR) is 91.9 cm³/mol. The molecule has 1 heterocycles. The van der Waals surface area contributed by atoms with Crippen molar-refractivity contribution in [2.75, 3.05) is 0 Å². The topological polar surface area (TPSA) is 75.6 Å². The van der Waals surface area contributed by atoms with Crippen molar-refractivity contribution in [2.24, 2.45) is 0 Å². The van der Waals surface area contributed by atoms with Gasteiger partial charge in [-0.2, -0.15) is 0 Å². The summed E-state index contributed by atoms with van der Waals surface area (Å²) < 4.78 is 6.27. The minimum atomic E-state index is -1.14. The van der Waals surface area contributed by atoms with Crippen molar-refractivity contribution in [2.45, 2.75) is 19.1 Å². The third kappa shape index (κ3) is 5.53. The number of alkyl carbamates (subject to hydrolysis) is 1. The van der Waals surface area contributed by atoms with Crippen LogP contribution in [0.4, 0.5) is 4.79 Å². The molecule has 0 saturated carbocycles. The summed E-state index contributed by atoms with van der Waals surface area (Å²) >= 11 is 10.5. The molecular weight excluding hydrogens is 406 g/mol. The van der Waals surface area contributed by atoms with Gasteiger partial charge < -0.3 is 15.2 Å². The molecule has 0 spiro atoms. The average molecular weight is 419 g/mol. The fraction of sp³-hybridized carbons (Fsp3) is 0.200. The Labute approximate surface area is 150 Å². The van der Waals surface area contributed by atoms with Crippen molar-refractivity contribution in [1.82, 2.24) is 5.32 Å². The number of hydrogen-bond acceptors (Lipinski definition) is 4. The zero-order valence-corrected chi connectivity index (χ0v) is 15.0. The number of carbonyl (C=O) groups is 2. The summed E-state index contributed by atoms with van der Waals surface area (Å²) in [6.45, 7) is 0.0788.